The maximum atomic E-state index is 12.0. The molecular formula is C20H35NO3. The maximum absolute atomic E-state index is 12.0. The number of Topliss-reactive ketones (excluding diaryl/α,β-unsaturated/α-hetero) is 1. The molecule has 0 N–H and O–H groups in total. The highest BCUT2D eigenvalue weighted by atomic mass is 16.5. The summed E-state index contributed by atoms with van der Waals surface area (Å²) in [6.45, 7) is 17.1. The van der Waals surface area contributed by atoms with E-state index in [1.54, 1.807) is 6.07 Å². The third-order valence-electron chi connectivity index (χ3n) is 3.49. The monoisotopic (exact) mass is 337 g/mol. The molecule has 0 saturated carbocycles. The average Bonchev–Trinajstić information content (AvgIpc) is 3.07. The minimum atomic E-state index is -0.276. The second-order valence-corrected chi connectivity index (χ2v) is 5.43. The van der Waals surface area contributed by atoms with Crippen molar-refractivity contribution in [3.05, 3.63) is 36.0 Å². The highest BCUT2D eigenvalue weighted by Crippen LogP contribution is 2.15. The quantitative estimate of drug-likeness (QED) is 0.289. The number of unbranched alkanes of at least 4 members (excludes halogenated alkanes) is 2. The number of carbonyl (C=O) groups is 1. The lowest BCUT2D eigenvalue weighted by Crippen LogP contribution is -2.25. The first-order chi connectivity index (χ1) is 11.6. The van der Waals surface area contributed by atoms with Crippen LogP contribution in [0.5, 0.6) is 0 Å². The van der Waals surface area contributed by atoms with Gasteiger partial charge in [-0.15, -0.1) is 0 Å². The molecule has 0 aliphatic carbocycles. The van der Waals surface area contributed by atoms with E-state index in [0.29, 0.717) is 12.4 Å². The number of ether oxygens (including phenoxy) is 1. The summed E-state index contributed by atoms with van der Waals surface area (Å²) in [4.78, 5) is 14.4. The Kier molecular flexibility index (Phi) is 13.0. The van der Waals surface area contributed by atoms with E-state index in [4.69, 9.17) is 9.15 Å². The van der Waals surface area contributed by atoms with Gasteiger partial charge in [-0.05, 0) is 45.0 Å². The van der Waals surface area contributed by atoms with Crippen LogP contribution < -0.4 is 0 Å². The van der Waals surface area contributed by atoms with E-state index in [2.05, 4.69) is 25.3 Å². The number of carbonyl (C=O) groups excluding carboxylic acids is 1. The fraction of sp³-hybridized carbons (Fsp3) is 0.650. The molecule has 1 aromatic rings. The van der Waals surface area contributed by atoms with Gasteiger partial charge in [0.05, 0.1) is 13.2 Å². The van der Waals surface area contributed by atoms with E-state index < -0.39 is 0 Å². The topological polar surface area (TPSA) is 42.7 Å². The Morgan fingerprint density at radius 1 is 1.12 bits per heavy atom. The molecule has 0 amide bonds. The van der Waals surface area contributed by atoms with Gasteiger partial charge in [-0.3, -0.25) is 9.69 Å². The summed E-state index contributed by atoms with van der Waals surface area (Å²) in [7, 11) is 0. The standard InChI is InChI=1S/C18H29NO3.C2H6/c1-5-8-12-19(13-9-6-2)14-16-10-11-17(22-16)18(20)15(4)21-7-3;1-2/h10-11H,4-9,12-14H2,1-3H3;1-2H3. The lowest BCUT2D eigenvalue weighted by atomic mass is 10.2. The van der Waals surface area contributed by atoms with Crippen LogP contribution in [0, 0.1) is 0 Å². The van der Waals surface area contributed by atoms with Gasteiger partial charge < -0.3 is 9.15 Å². The normalized spacial score (nSPS) is 10.2. The van der Waals surface area contributed by atoms with Crippen molar-refractivity contribution in [2.45, 2.75) is 66.8 Å². The van der Waals surface area contributed by atoms with Crippen LogP contribution in [0.15, 0.2) is 28.9 Å². The molecule has 0 aliphatic rings. The summed E-state index contributed by atoms with van der Waals surface area (Å²) in [5, 5.41) is 0. The molecule has 0 spiro atoms. The Balaban J connectivity index is 0.00000254. The molecule has 4 heteroatoms. The molecule has 0 atom stereocenters. The molecule has 0 bridgehead atoms. The van der Waals surface area contributed by atoms with Crippen molar-refractivity contribution in [1.29, 1.82) is 0 Å². The van der Waals surface area contributed by atoms with E-state index in [1.165, 1.54) is 25.7 Å². The van der Waals surface area contributed by atoms with E-state index in [-0.39, 0.29) is 11.5 Å². The van der Waals surface area contributed by atoms with Gasteiger partial charge in [0.1, 0.15) is 5.76 Å². The molecule has 138 valence electrons. The Morgan fingerprint density at radius 2 is 1.71 bits per heavy atom. The van der Waals surface area contributed by atoms with Crippen molar-refractivity contribution in [1.82, 2.24) is 4.90 Å². The number of allylic oxidation sites excluding steroid dienone is 1. The number of nitrogens with zero attached hydrogens (tertiary/aromatic N) is 1. The zero-order valence-electron chi connectivity index (χ0n) is 16.2. The van der Waals surface area contributed by atoms with E-state index in [9.17, 15) is 4.79 Å². The molecule has 0 aliphatic heterocycles. The van der Waals surface area contributed by atoms with Crippen molar-refractivity contribution in [3.63, 3.8) is 0 Å². The van der Waals surface area contributed by atoms with Crippen molar-refractivity contribution in [2.24, 2.45) is 0 Å². The van der Waals surface area contributed by atoms with Crippen LogP contribution in [0.1, 0.15) is 76.6 Å². The first kappa shape index (κ1) is 22.4. The zero-order chi connectivity index (χ0) is 18.4. The van der Waals surface area contributed by atoms with Crippen LogP contribution in [0.3, 0.4) is 0 Å². The Morgan fingerprint density at radius 3 is 2.21 bits per heavy atom. The highest BCUT2D eigenvalue weighted by molar-refractivity contribution is 6.04. The molecule has 1 rings (SSSR count). The number of hydrogen-bond donors (Lipinski definition) is 0. The van der Waals surface area contributed by atoms with Crippen molar-refractivity contribution < 1.29 is 13.9 Å². The predicted molar refractivity (Wildman–Crippen MR) is 100 cm³/mol. The van der Waals surface area contributed by atoms with Gasteiger partial charge in [-0.1, -0.05) is 47.1 Å². The number of furan rings is 1. The predicted octanol–water partition coefficient (Wildman–Crippen LogP) is 5.44. The molecule has 1 heterocycles. The lowest BCUT2D eigenvalue weighted by molar-refractivity contribution is 0.0898. The largest absolute Gasteiger partial charge is 0.490 e. The smallest absolute Gasteiger partial charge is 0.261 e. The fourth-order valence-electron chi connectivity index (χ4n) is 2.22. The van der Waals surface area contributed by atoms with Crippen LogP contribution >= 0.6 is 0 Å². The van der Waals surface area contributed by atoms with Crippen LogP contribution in [0.25, 0.3) is 0 Å². The van der Waals surface area contributed by atoms with Crippen LogP contribution in [0.4, 0.5) is 0 Å². The SMILES string of the molecule is C=C(OCC)C(=O)c1ccc(CN(CCCC)CCCC)o1.CC. The summed E-state index contributed by atoms with van der Waals surface area (Å²) in [6.07, 6.45) is 4.71. The van der Waals surface area contributed by atoms with Gasteiger partial charge in [0.2, 0.25) is 0 Å². The van der Waals surface area contributed by atoms with Crippen LogP contribution in [-0.4, -0.2) is 30.4 Å². The van der Waals surface area contributed by atoms with Crippen molar-refractivity contribution >= 4 is 5.78 Å². The lowest BCUT2D eigenvalue weighted by Gasteiger charge is -2.20. The van der Waals surface area contributed by atoms with E-state index in [1.807, 2.05) is 26.8 Å². The van der Waals surface area contributed by atoms with Crippen LogP contribution in [-0.2, 0) is 11.3 Å². The molecule has 0 aromatic carbocycles. The van der Waals surface area contributed by atoms with Gasteiger partial charge in [0.15, 0.2) is 11.5 Å². The second kappa shape index (κ2) is 13.8. The van der Waals surface area contributed by atoms with Crippen molar-refractivity contribution in [3.8, 4) is 0 Å². The average molecular weight is 338 g/mol. The summed E-state index contributed by atoms with van der Waals surface area (Å²) in [6, 6.07) is 3.58. The number of ketones is 1. The summed E-state index contributed by atoms with van der Waals surface area (Å²) in [5.74, 6) is 0.984. The second-order valence-electron chi connectivity index (χ2n) is 5.43. The van der Waals surface area contributed by atoms with Gasteiger partial charge in [-0.25, -0.2) is 0 Å². The third kappa shape index (κ3) is 8.34. The Labute approximate surface area is 147 Å². The third-order valence-corrected chi connectivity index (χ3v) is 3.49. The summed E-state index contributed by atoms with van der Waals surface area (Å²) < 4.78 is 10.8. The molecule has 4 nitrogen and oxygen atoms in total. The van der Waals surface area contributed by atoms with E-state index in [0.717, 1.165) is 25.4 Å². The molecular weight excluding hydrogens is 302 g/mol. The van der Waals surface area contributed by atoms with Gasteiger partial charge >= 0.3 is 0 Å². The molecule has 0 saturated heterocycles. The Hall–Kier alpha value is -1.55. The molecule has 0 unspecified atom stereocenters. The minimum absolute atomic E-state index is 0.136. The van der Waals surface area contributed by atoms with Crippen molar-refractivity contribution in [2.75, 3.05) is 19.7 Å². The highest BCUT2D eigenvalue weighted by Gasteiger charge is 2.17. The first-order valence-electron chi connectivity index (χ1n) is 9.29. The Bertz CT molecular complexity index is 457. The minimum Gasteiger partial charge on any atom is -0.490 e. The van der Waals surface area contributed by atoms with Crippen LogP contribution in [0.2, 0.25) is 0 Å². The summed E-state index contributed by atoms with van der Waals surface area (Å²) in [5.41, 5.74) is 0. The zero-order valence-corrected chi connectivity index (χ0v) is 16.2. The molecule has 0 fully saturated rings. The molecule has 1 aromatic heterocycles. The number of hydrogen-bond acceptors (Lipinski definition) is 4. The molecule has 0 radical (unpaired) electrons. The van der Waals surface area contributed by atoms with E-state index >= 15 is 0 Å². The van der Waals surface area contributed by atoms with Gasteiger partial charge in [0, 0.05) is 0 Å². The van der Waals surface area contributed by atoms with Gasteiger partial charge in [-0.2, -0.15) is 0 Å². The van der Waals surface area contributed by atoms with Gasteiger partial charge in [0.25, 0.3) is 5.78 Å². The summed E-state index contributed by atoms with van der Waals surface area (Å²) >= 11 is 0. The number of rotatable bonds is 12. The fourth-order valence-corrected chi connectivity index (χ4v) is 2.22. The first-order valence-corrected chi connectivity index (χ1v) is 9.29. The molecule has 24 heavy (non-hydrogen) atoms. The maximum Gasteiger partial charge on any atom is 0.261 e.